The van der Waals surface area contributed by atoms with E-state index in [2.05, 4.69) is 5.32 Å². The summed E-state index contributed by atoms with van der Waals surface area (Å²) in [4.78, 5) is 12.2. The molecule has 0 heterocycles. The summed E-state index contributed by atoms with van der Waals surface area (Å²) in [7, 11) is 0. The third-order valence-corrected chi connectivity index (χ3v) is 4.46. The monoisotopic (exact) mass is 371 g/mol. The molecule has 0 fully saturated rings. The number of hydrogen-bond acceptors (Lipinski definition) is 2. The van der Waals surface area contributed by atoms with Gasteiger partial charge in [-0.2, -0.15) is 0 Å². The summed E-state index contributed by atoms with van der Waals surface area (Å²) >= 11 is 17.9. The first-order chi connectivity index (χ1) is 10.8. The lowest BCUT2D eigenvalue weighted by molar-refractivity contribution is -0.122. The predicted octanol–water partition coefficient (Wildman–Crippen LogP) is 5.67. The topological polar surface area (TPSA) is 38.3 Å². The molecule has 122 valence electrons. The molecular formula is C17H16Cl3NO2. The average Bonchev–Trinajstić information content (AvgIpc) is 2.48. The van der Waals surface area contributed by atoms with Gasteiger partial charge in [-0.25, -0.2) is 0 Å². The van der Waals surface area contributed by atoms with Gasteiger partial charge in [-0.3, -0.25) is 4.79 Å². The normalized spacial score (nSPS) is 11.9. The van der Waals surface area contributed by atoms with Gasteiger partial charge in [0.05, 0.1) is 20.8 Å². The molecule has 1 N–H and O–H groups in total. The molecule has 2 aromatic carbocycles. The van der Waals surface area contributed by atoms with Gasteiger partial charge < -0.3 is 10.1 Å². The summed E-state index contributed by atoms with van der Waals surface area (Å²) in [5.74, 6) is 0.305. The van der Waals surface area contributed by atoms with E-state index in [1.165, 1.54) is 12.1 Å². The van der Waals surface area contributed by atoms with Crippen LogP contribution >= 0.6 is 34.8 Å². The van der Waals surface area contributed by atoms with Crippen LogP contribution in [0.3, 0.4) is 0 Å². The number of hydrogen-bond donors (Lipinski definition) is 1. The number of nitrogens with one attached hydrogen (secondary N) is 1. The van der Waals surface area contributed by atoms with E-state index in [-0.39, 0.29) is 5.91 Å². The summed E-state index contributed by atoms with van der Waals surface area (Å²) in [6.45, 7) is 5.67. The number of anilines is 1. The summed E-state index contributed by atoms with van der Waals surface area (Å²) < 4.78 is 5.66. The second kappa shape index (κ2) is 7.43. The Bertz CT molecular complexity index is 747. The van der Waals surface area contributed by atoms with Gasteiger partial charge in [-0.05, 0) is 56.2 Å². The van der Waals surface area contributed by atoms with Crippen LogP contribution in [0.4, 0.5) is 5.69 Å². The van der Waals surface area contributed by atoms with Gasteiger partial charge in [-0.1, -0.05) is 40.9 Å². The Morgan fingerprint density at radius 3 is 2.30 bits per heavy atom. The zero-order chi connectivity index (χ0) is 17.1. The van der Waals surface area contributed by atoms with Crippen molar-refractivity contribution in [3.05, 3.63) is 56.5 Å². The number of carbonyl (C=O) groups excluding carboxylic acids is 1. The first-order valence-electron chi connectivity index (χ1n) is 6.97. The van der Waals surface area contributed by atoms with Gasteiger partial charge in [0.2, 0.25) is 0 Å². The van der Waals surface area contributed by atoms with Crippen molar-refractivity contribution in [3.8, 4) is 5.75 Å². The average molecular weight is 373 g/mol. The smallest absolute Gasteiger partial charge is 0.265 e. The van der Waals surface area contributed by atoms with E-state index in [1.54, 1.807) is 6.92 Å². The first-order valence-corrected chi connectivity index (χ1v) is 8.10. The fourth-order valence-corrected chi connectivity index (χ4v) is 2.49. The predicted molar refractivity (Wildman–Crippen MR) is 96.1 cm³/mol. The molecule has 0 aromatic heterocycles. The number of halogens is 3. The highest BCUT2D eigenvalue weighted by molar-refractivity contribution is 6.44. The van der Waals surface area contributed by atoms with Crippen molar-refractivity contribution in [3.63, 3.8) is 0 Å². The Morgan fingerprint density at radius 1 is 1.00 bits per heavy atom. The molecule has 0 aliphatic carbocycles. The van der Waals surface area contributed by atoms with Gasteiger partial charge in [-0.15, -0.1) is 0 Å². The van der Waals surface area contributed by atoms with Crippen LogP contribution in [0, 0.1) is 13.8 Å². The minimum Gasteiger partial charge on any atom is -0.481 e. The molecule has 2 rings (SSSR count). The number of amides is 1. The van der Waals surface area contributed by atoms with E-state index in [1.807, 2.05) is 32.0 Å². The quantitative estimate of drug-likeness (QED) is 0.702. The van der Waals surface area contributed by atoms with Crippen LogP contribution in [-0.2, 0) is 4.79 Å². The molecule has 0 aliphatic rings. The van der Waals surface area contributed by atoms with Gasteiger partial charge >= 0.3 is 0 Å². The highest BCUT2D eigenvalue weighted by atomic mass is 35.5. The Hall–Kier alpha value is -1.42. The third-order valence-electron chi connectivity index (χ3n) is 3.43. The molecule has 0 aliphatic heterocycles. The molecule has 0 radical (unpaired) electrons. The van der Waals surface area contributed by atoms with Crippen LogP contribution in [0.1, 0.15) is 18.1 Å². The zero-order valence-electron chi connectivity index (χ0n) is 12.9. The Balaban J connectivity index is 2.08. The van der Waals surface area contributed by atoms with E-state index >= 15 is 0 Å². The van der Waals surface area contributed by atoms with Gasteiger partial charge in [0.1, 0.15) is 5.75 Å². The highest BCUT2D eigenvalue weighted by Crippen LogP contribution is 2.32. The van der Waals surface area contributed by atoms with E-state index in [4.69, 9.17) is 39.5 Å². The summed E-state index contributed by atoms with van der Waals surface area (Å²) in [5.41, 5.74) is 2.65. The summed E-state index contributed by atoms with van der Waals surface area (Å²) in [5, 5.41) is 3.64. The largest absolute Gasteiger partial charge is 0.481 e. The molecule has 0 bridgehead atoms. The maximum absolute atomic E-state index is 12.2. The van der Waals surface area contributed by atoms with Crippen molar-refractivity contribution in [1.82, 2.24) is 0 Å². The second-order valence-electron chi connectivity index (χ2n) is 5.24. The van der Waals surface area contributed by atoms with Crippen molar-refractivity contribution in [1.29, 1.82) is 0 Å². The number of carbonyl (C=O) groups is 1. The number of aryl methyl sites for hydroxylation is 2. The van der Waals surface area contributed by atoms with Crippen molar-refractivity contribution in [2.75, 3.05) is 5.32 Å². The van der Waals surface area contributed by atoms with Crippen LogP contribution in [0.15, 0.2) is 30.3 Å². The number of rotatable bonds is 4. The zero-order valence-corrected chi connectivity index (χ0v) is 15.2. The molecule has 1 atom stereocenters. The van der Waals surface area contributed by atoms with Crippen molar-refractivity contribution < 1.29 is 9.53 Å². The van der Waals surface area contributed by atoms with Crippen LogP contribution in [0.2, 0.25) is 15.1 Å². The lowest BCUT2D eigenvalue weighted by Gasteiger charge is -2.16. The molecule has 0 spiro atoms. The van der Waals surface area contributed by atoms with Crippen molar-refractivity contribution in [2.24, 2.45) is 0 Å². The summed E-state index contributed by atoms with van der Waals surface area (Å²) in [6, 6.07) is 8.66. The Labute approximate surface area is 150 Å². The van der Waals surface area contributed by atoms with E-state index < -0.39 is 6.10 Å². The first kappa shape index (κ1) is 17.9. The standard InChI is InChI=1S/C17H16Cl3NO2/c1-9-4-5-12(6-10(9)2)23-11(3)17(22)21-16-8-14(19)13(18)7-15(16)20/h4-8,11H,1-3H3,(H,21,22)/t11-/m1/s1. The Morgan fingerprint density at radius 2 is 1.65 bits per heavy atom. The lowest BCUT2D eigenvalue weighted by Crippen LogP contribution is -2.30. The fraction of sp³-hybridized carbons (Fsp3) is 0.235. The molecular weight excluding hydrogens is 357 g/mol. The van der Waals surface area contributed by atoms with Gasteiger partial charge in [0, 0.05) is 0 Å². The number of benzene rings is 2. The SMILES string of the molecule is Cc1ccc(O[C@H](C)C(=O)Nc2cc(Cl)c(Cl)cc2Cl)cc1C. The lowest BCUT2D eigenvalue weighted by atomic mass is 10.1. The van der Waals surface area contributed by atoms with E-state index in [0.717, 1.165) is 11.1 Å². The summed E-state index contributed by atoms with van der Waals surface area (Å²) in [6.07, 6.45) is -0.692. The van der Waals surface area contributed by atoms with Crippen molar-refractivity contribution in [2.45, 2.75) is 26.9 Å². The molecule has 1 amide bonds. The minimum atomic E-state index is -0.692. The van der Waals surface area contributed by atoms with Crippen LogP contribution < -0.4 is 10.1 Å². The van der Waals surface area contributed by atoms with Crippen LogP contribution in [0.5, 0.6) is 5.75 Å². The highest BCUT2D eigenvalue weighted by Gasteiger charge is 2.17. The van der Waals surface area contributed by atoms with Gasteiger partial charge in [0.15, 0.2) is 6.10 Å². The second-order valence-corrected chi connectivity index (χ2v) is 6.46. The molecule has 0 saturated carbocycles. The van der Waals surface area contributed by atoms with Crippen LogP contribution in [-0.4, -0.2) is 12.0 Å². The fourth-order valence-electron chi connectivity index (χ4n) is 1.90. The molecule has 6 heteroatoms. The molecule has 3 nitrogen and oxygen atoms in total. The molecule has 0 saturated heterocycles. The Kier molecular flexibility index (Phi) is 5.79. The van der Waals surface area contributed by atoms with Crippen molar-refractivity contribution >= 4 is 46.4 Å². The third kappa shape index (κ3) is 4.54. The maximum Gasteiger partial charge on any atom is 0.265 e. The maximum atomic E-state index is 12.2. The number of ether oxygens (including phenoxy) is 1. The minimum absolute atomic E-state index is 0.311. The van der Waals surface area contributed by atoms with Crippen LogP contribution in [0.25, 0.3) is 0 Å². The van der Waals surface area contributed by atoms with E-state index in [9.17, 15) is 4.79 Å². The van der Waals surface area contributed by atoms with Gasteiger partial charge in [0.25, 0.3) is 5.91 Å². The van der Waals surface area contributed by atoms with E-state index in [0.29, 0.717) is 26.5 Å². The molecule has 2 aromatic rings. The molecule has 0 unspecified atom stereocenters. The molecule has 23 heavy (non-hydrogen) atoms.